The minimum Gasteiger partial charge on any atom is -0.506 e. The molecule has 66 valence electrons. The summed E-state index contributed by atoms with van der Waals surface area (Å²) in [6.45, 7) is 1.93. The molecule has 0 aromatic carbocycles. The Hall–Kier alpha value is -1.71. The predicted octanol–water partition coefficient (Wildman–Crippen LogP) is 1.29. The Balaban J connectivity index is 2.74. The summed E-state index contributed by atoms with van der Waals surface area (Å²) in [7, 11) is 0. The first-order valence-corrected chi connectivity index (χ1v) is 4.11. The van der Waals surface area contributed by atoms with Crippen LogP contribution in [0.4, 0.5) is 0 Å². The molecule has 0 bridgehead atoms. The van der Waals surface area contributed by atoms with Gasteiger partial charge in [0, 0.05) is 18.5 Å². The lowest BCUT2D eigenvalue weighted by Gasteiger charge is -2.01. The lowest BCUT2D eigenvalue weighted by atomic mass is 10.2. The van der Waals surface area contributed by atoms with Crippen LogP contribution in [0.2, 0.25) is 0 Å². The van der Waals surface area contributed by atoms with Crippen LogP contribution in [-0.4, -0.2) is 20.1 Å². The Morgan fingerprint density at radius 3 is 2.85 bits per heavy atom. The summed E-state index contributed by atoms with van der Waals surface area (Å²) in [5, 5.41) is 9.48. The van der Waals surface area contributed by atoms with E-state index in [1.54, 1.807) is 18.5 Å². The Kier molecular flexibility index (Phi) is 1.81. The van der Waals surface area contributed by atoms with Gasteiger partial charge < -0.3 is 5.11 Å². The highest BCUT2D eigenvalue weighted by Crippen LogP contribution is 2.18. The maximum absolute atomic E-state index is 9.48. The molecule has 2 heterocycles. The largest absolute Gasteiger partial charge is 0.506 e. The molecule has 0 amide bonds. The van der Waals surface area contributed by atoms with E-state index in [2.05, 4.69) is 15.0 Å². The van der Waals surface area contributed by atoms with Gasteiger partial charge >= 0.3 is 0 Å². The zero-order chi connectivity index (χ0) is 9.26. The molecule has 0 atom stereocenters. The summed E-state index contributed by atoms with van der Waals surface area (Å²) in [4.78, 5) is 12.2. The molecule has 2 aromatic rings. The van der Waals surface area contributed by atoms with E-state index in [-0.39, 0.29) is 5.75 Å². The van der Waals surface area contributed by atoms with Crippen molar-refractivity contribution in [3.05, 3.63) is 24.2 Å². The third kappa shape index (κ3) is 1.30. The highest BCUT2D eigenvalue weighted by Gasteiger charge is 2.04. The molecule has 0 saturated heterocycles. The summed E-state index contributed by atoms with van der Waals surface area (Å²) < 4.78 is 0. The van der Waals surface area contributed by atoms with Crippen molar-refractivity contribution >= 4 is 11.2 Å². The number of aromatic hydroxyl groups is 1. The molecule has 0 aliphatic carbocycles. The van der Waals surface area contributed by atoms with Crippen molar-refractivity contribution in [2.24, 2.45) is 0 Å². The SMILES string of the molecule is CCc1nc2nccnc2cc1O. The molecule has 2 rings (SSSR count). The van der Waals surface area contributed by atoms with Crippen LogP contribution in [0.1, 0.15) is 12.6 Å². The van der Waals surface area contributed by atoms with Crippen LogP contribution in [0.5, 0.6) is 5.75 Å². The van der Waals surface area contributed by atoms with Gasteiger partial charge in [-0.1, -0.05) is 6.92 Å². The Morgan fingerprint density at radius 1 is 1.31 bits per heavy atom. The van der Waals surface area contributed by atoms with Crippen LogP contribution in [0.3, 0.4) is 0 Å². The summed E-state index contributed by atoms with van der Waals surface area (Å²) in [6, 6.07) is 1.59. The molecular formula is C9H9N3O. The second kappa shape index (κ2) is 2.97. The zero-order valence-electron chi connectivity index (χ0n) is 7.23. The van der Waals surface area contributed by atoms with Crippen molar-refractivity contribution in [2.45, 2.75) is 13.3 Å². The minimum atomic E-state index is 0.190. The van der Waals surface area contributed by atoms with Crippen molar-refractivity contribution in [2.75, 3.05) is 0 Å². The average molecular weight is 175 g/mol. The predicted molar refractivity (Wildman–Crippen MR) is 48.4 cm³/mol. The summed E-state index contributed by atoms with van der Waals surface area (Å²) in [5.41, 5.74) is 1.86. The third-order valence-corrected chi connectivity index (χ3v) is 1.85. The number of aryl methyl sites for hydroxylation is 1. The molecule has 0 radical (unpaired) electrons. The molecule has 0 aliphatic rings. The van der Waals surface area contributed by atoms with Gasteiger partial charge in [-0.25, -0.2) is 9.97 Å². The quantitative estimate of drug-likeness (QED) is 0.709. The van der Waals surface area contributed by atoms with Crippen molar-refractivity contribution in [3.63, 3.8) is 0 Å². The van der Waals surface area contributed by atoms with Crippen molar-refractivity contribution in [1.82, 2.24) is 15.0 Å². The van der Waals surface area contributed by atoms with E-state index >= 15 is 0 Å². The number of pyridine rings is 1. The van der Waals surface area contributed by atoms with Gasteiger partial charge in [0.05, 0.1) is 5.69 Å². The molecule has 2 aromatic heterocycles. The smallest absolute Gasteiger partial charge is 0.178 e. The fraction of sp³-hybridized carbons (Fsp3) is 0.222. The molecule has 0 saturated carbocycles. The highest BCUT2D eigenvalue weighted by molar-refractivity contribution is 5.71. The van der Waals surface area contributed by atoms with Gasteiger partial charge in [0.15, 0.2) is 5.65 Å². The Bertz CT molecular complexity index is 442. The molecule has 0 fully saturated rings. The van der Waals surface area contributed by atoms with Gasteiger partial charge in [0.25, 0.3) is 0 Å². The molecule has 1 N–H and O–H groups in total. The van der Waals surface area contributed by atoms with Crippen molar-refractivity contribution < 1.29 is 5.11 Å². The van der Waals surface area contributed by atoms with Crippen LogP contribution < -0.4 is 0 Å². The molecule has 0 unspecified atom stereocenters. The van der Waals surface area contributed by atoms with E-state index in [1.165, 1.54) is 0 Å². The van der Waals surface area contributed by atoms with Crippen molar-refractivity contribution in [1.29, 1.82) is 0 Å². The van der Waals surface area contributed by atoms with E-state index in [1.807, 2.05) is 6.92 Å². The maximum atomic E-state index is 9.48. The second-order valence-corrected chi connectivity index (χ2v) is 2.71. The first kappa shape index (κ1) is 7.91. The molecule has 4 heteroatoms. The summed E-state index contributed by atoms with van der Waals surface area (Å²) in [6.07, 6.45) is 3.86. The van der Waals surface area contributed by atoms with Gasteiger partial charge in [-0.2, -0.15) is 0 Å². The van der Waals surface area contributed by atoms with Gasteiger partial charge in [-0.3, -0.25) is 4.98 Å². The number of rotatable bonds is 1. The number of nitrogens with zero attached hydrogens (tertiary/aromatic N) is 3. The first-order chi connectivity index (χ1) is 6.31. The molecular weight excluding hydrogens is 166 g/mol. The van der Waals surface area contributed by atoms with Gasteiger partial charge in [-0.05, 0) is 6.42 Å². The zero-order valence-corrected chi connectivity index (χ0v) is 7.23. The van der Waals surface area contributed by atoms with Gasteiger partial charge in [0.2, 0.25) is 0 Å². The number of fused-ring (bicyclic) bond motifs is 1. The Labute approximate surface area is 75.3 Å². The fourth-order valence-corrected chi connectivity index (χ4v) is 1.19. The first-order valence-electron chi connectivity index (χ1n) is 4.11. The van der Waals surface area contributed by atoms with E-state index in [4.69, 9.17) is 0 Å². The summed E-state index contributed by atoms with van der Waals surface area (Å²) >= 11 is 0. The molecule has 4 nitrogen and oxygen atoms in total. The average Bonchev–Trinajstić information content (AvgIpc) is 2.17. The van der Waals surface area contributed by atoms with E-state index in [0.29, 0.717) is 23.3 Å². The Morgan fingerprint density at radius 2 is 2.08 bits per heavy atom. The van der Waals surface area contributed by atoms with Crippen molar-refractivity contribution in [3.8, 4) is 5.75 Å². The van der Waals surface area contributed by atoms with Crippen LogP contribution in [0, 0.1) is 0 Å². The molecule has 0 aliphatic heterocycles. The molecule has 0 spiro atoms. The van der Waals surface area contributed by atoms with Gasteiger partial charge in [-0.15, -0.1) is 0 Å². The van der Waals surface area contributed by atoms with Crippen LogP contribution in [0.15, 0.2) is 18.5 Å². The van der Waals surface area contributed by atoms with Crippen LogP contribution in [0.25, 0.3) is 11.2 Å². The maximum Gasteiger partial charge on any atom is 0.178 e. The highest BCUT2D eigenvalue weighted by atomic mass is 16.3. The van der Waals surface area contributed by atoms with E-state index in [0.717, 1.165) is 0 Å². The topological polar surface area (TPSA) is 58.9 Å². The lowest BCUT2D eigenvalue weighted by Crippen LogP contribution is -1.92. The normalized spacial score (nSPS) is 10.5. The van der Waals surface area contributed by atoms with E-state index < -0.39 is 0 Å². The number of hydrogen-bond donors (Lipinski definition) is 1. The number of hydrogen-bond acceptors (Lipinski definition) is 4. The van der Waals surface area contributed by atoms with Gasteiger partial charge in [0.1, 0.15) is 11.3 Å². The summed E-state index contributed by atoms with van der Waals surface area (Å²) in [5.74, 6) is 0.190. The van der Waals surface area contributed by atoms with Crippen LogP contribution >= 0.6 is 0 Å². The fourth-order valence-electron chi connectivity index (χ4n) is 1.19. The monoisotopic (exact) mass is 175 g/mol. The standard InChI is InChI=1S/C9H9N3O/c1-2-6-8(13)5-7-9(12-6)11-4-3-10-7/h3-5,13H,2H2,1H3. The minimum absolute atomic E-state index is 0.190. The number of aromatic nitrogens is 3. The van der Waals surface area contributed by atoms with Crippen LogP contribution in [-0.2, 0) is 6.42 Å². The lowest BCUT2D eigenvalue weighted by molar-refractivity contribution is 0.466. The second-order valence-electron chi connectivity index (χ2n) is 2.71. The third-order valence-electron chi connectivity index (χ3n) is 1.85. The molecule has 13 heavy (non-hydrogen) atoms. The van der Waals surface area contributed by atoms with E-state index in [9.17, 15) is 5.11 Å².